The zero-order valence-electron chi connectivity index (χ0n) is 16.4. The van der Waals surface area contributed by atoms with E-state index < -0.39 is 17.7 Å². The molecule has 0 saturated heterocycles. The number of allylic oxidation sites excluding steroid dienone is 1. The molecular weight excluding hydrogens is 342 g/mol. The van der Waals surface area contributed by atoms with Crippen LogP contribution in [0.4, 0.5) is 4.79 Å². The van der Waals surface area contributed by atoms with Crippen molar-refractivity contribution in [1.82, 2.24) is 5.32 Å². The van der Waals surface area contributed by atoms with Crippen molar-refractivity contribution in [1.29, 1.82) is 0 Å². The molecule has 0 aliphatic heterocycles. The Hall–Kier alpha value is -2.82. The van der Waals surface area contributed by atoms with Gasteiger partial charge in [-0.1, -0.05) is 30.3 Å². The zero-order valence-corrected chi connectivity index (χ0v) is 16.4. The summed E-state index contributed by atoms with van der Waals surface area (Å²) in [5.41, 5.74) is 3.60. The van der Waals surface area contributed by atoms with Gasteiger partial charge < -0.3 is 9.47 Å². The highest BCUT2D eigenvalue weighted by Gasteiger charge is 2.24. The van der Waals surface area contributed by atoms with Crippen LogP contribution in [0.5, 0.6) is 0 Å². The average Bonchev–Trinajstić information content (AvgIpc) is 3.02. The van der Waals surface area contributed by atoms with E-state index in [9.17, 15) is 9.59 Å². The minimum atomic E-state index is -0.687. The van der Waals surface area contributed by atoms with Gasteiger partial charge in [0.05, 0.1) is 7.11 Å². The Morgan fingerprint density at radius 3 is 2.33 bits per heavy atom. The smallest absolute Gasteiger partial charge is 0.412 e. The first kappa shape index (κ1) is 19.0. The quantitative estimate of drug-likeness (QED) is 0.646. The summed E-state index contributed by atoms with van der Waals surface area (Å²) in [6, 6.07) is 10.3. The maximum absolute atomic E-state index is 12.4. The molecule has 0 heterocycles. The second kappa shape index (κ2) is 7.06. The van der Waals surface area contributed by atoms with Gasteiger partial charge in [0.15, 0.2) is 0 Å². The number of benzene rings is 2. The first-order valence-electron chi connectivity index (χ1n) is 9.04. The molecule has 0 fully saturated rings. The molecule has 27 heavy (non-hydrogen) atoms. The van der Waals surface area contributed by atoms with Crippen LogP contribution in [0.2, 0.25) is 0 Å². The third-order valence-electron chi connectivity index (χ3n) is 4.67. The first-order chi connectivity index (χ1) is 12.7. The number of alkyl carbamates (subject to hydrolysis) is 1. The van der Waals surface area contributed by atoms with Crippen molar-refractivity contribution >= 4 is 28.4 Å². The van der Waals surface area contributed by atoms with Crippen molar-refractivity contribution in [2.45, 2.75) is 46.1 Å². The van der Waals surface area contributed by atoms with Crippen LogP contribution in [0.1, 0.15) is 44.4 Å². The Kier molecular flexibility index (Phi) is 4.96. The van der Waals surface area contributed by atoms with Crippen LogP contribution in [0, 0.1) is 0 Å². The number of nitrogens with one attached hydrogen (secondary N) is 1. The van der Waals surface area contributed by atoms with Crippen LogP contribution >= 0.6 is 0 Å². The van der Waals surface area contributed by atoms with Crippen LogP contribution in [-0.4, -0.2) is 24.8 Å². The molecule has 5 nitrogen and oxygen atoms in total. The highest BCUT2D eigenvalue weighted by molar-refractivity contribution is 6.05. The van der Waals surface area contributed by atoms with Gasteiger partial charge in [-0.2, -0.15) is 0 Å². The molecule has 3 rings (SSSR count). The second-order valence-corrected chi connectivity index (χ2v) is 7.73. The number of carbonyl (C=O) groups is 2. The van der Waals surface area contributed by atoms with Gasteiger partial charge in [-0.15, -0.1) is 0 Å². The Labute approximate surface area is 159 Å². The maximum atomic E-state index is 12.4. The van der Waals surface area contributed by atoms with E-state index >= 15 is 0 Å². The van der Waals surface area contributed by atoms with Gasteiger partial charge in [0.2, 0.25) is 0 Å². The molecule has 5 heteroatoms. The Morgan fingerprint density at radius 1 is 1.04 bits per heavy atom. The standard InChI is InChI=1S/C22H25NO4/c1-13(19(20(24)26-5)23-21(25)27-22(2,3)4)16-12-11-15-10-9-14-7-6-8-17(16)18(14)15/h6-8,11-12H,9-10H2,1-5H3,(H,23,25)/b19-13-. The van der Waals surface area contributed by atoms with E-state index in [2.05, 4.69) is 23.5 Å². The lowest BCUT2D eigenvalue weighted by Crippen LogP contribution is -2.35. The number of carbonyl (C=O) groups excluding carboxylic acids is 2. The van der Waals surface area contributed by atoms with Crippen LogP contribution in [0.3, 0.4) is 0 Å². The van der Waals surface area contributed by atoms with Crippen LogP contribution in [-0.2, 0) is 27.1 Å². The number of amides is 1. The summed E-state index contributed by atoms with van der Waals surface area (Å²) in [6.45, 7) is 7.11. The summed E-state index contributed by atoms with van der Waals surface area (Å²) in [6.07, 6.45) is 1.37. The molecule has 142 valence electrons. The van der Waals surface area contributed by atoms with Crippen molar-refractivity contribution in [2.75, 3.05) is 7.11 Å². The summed E-state index contributed by atoms with van der Waals surface area (Å²) in [5, 5.41) is 4.90. The average molecular weight is 367 g/mol. The molecule has 1 aliphatic carbocycles. The molecule has 1 aliphatic rings. The van der Waals surface area contributed by atoms with Crippen molar-refractivity contribution in [3.05, 3.63) is 52.7 Å². The minimum Gasteiger partial charge on any atom is -0.464 e. The van der Waals surface area contributed by atoms with Gasteiger partial charge in [0.25, 0.3) is 0 Å². The molecule has 2 aromatic rings. The predicted octanol–water partition coefficient (Wildman–Crippen LogP) is 4.37. The van der Waals surface area contributed by atoms with E-state index in [0.29, 0.717) is 5.57 Å². The number of hydrogen-bond acceptors (Lipinski definition) is 4. The van der Waals surface area contributed by atoms with Crippen molar-refractivity contribution in [3.8, 4) is 0 Å². The largest absolute Gasteiger partial charge is 0.464 e. The highest BCUT2D eigenvalue weighted by atomic mass is 16.6. The molecule has 0 bridgehead atoms. The third-order valence-corrected chi connectivity index (χ3v) is 4.67. The first-order valence-corrected chi connectivity index (χ1v) is 9.04. The van der Waals surface area contributed by atoms with E-state index in [-0.39, 0.29) is 5.70 Å². The molecule has 1 amide bonds. The van der Waals surface area contributed by atoms with Gasteiger partial charge in [-0.3, -0.25) is 5.32 Å². The fourth-order valence-electron chi connectivity index (χ4n) is 3.51. The van der Waals surface area contributed by atoms with Gasteiger partial charge in [0, 0.05) is 0 Å². The van der Waals surface area contributed by atoms with E-state index in [1.807, 2.05) is 19.1 Å². The van der Waals surface area contributed by atoms with E-state index in [0.717, 1.165) is 23.8 Å². The van der Waals surface area contributed by atoms with Crippen molar-refractivity contribution < 1.29 is 19.1 Å². The number of ether oxygens (including phenoxy) is 2. The molecule has 2 aromatic carbocycles. The molecule has 0 spiro atoms. The van der Waals surface area contributed by atoms with Crippen molar-refractivity contribution in [2.24, 2.45) is 0 Å². The van der Waals surface area contributed by atoms with Crippen LogP contribution < -0.4 is 5.32 Å². The molecular formula is C22H25NO4. The Morgan fingerprint density at radius 2 is 1.70 bits per heavy atom. The lowest BCUT2D eigenvalue weighted by Gasteiger charge is -2.21. The lowest BCUT2D eigenvalue weighted by atomic mass is 9.95. The molecule has 0 radical (unpaired) electrons. The third kappa shape index (κ3) is 3.82. The molecule has 0 atom stereocenters. The van der Waals surface area contributed by atoms with Crippen LogP contribution in [0.15, 0.2) is 36.0 Å². The molecule has 1 N–H and O–H groups in total. The number of methoxy groups -OCH3 is 1. The van der Waals surface area contributed by atoms with E-state index in [4.69, 9.17) is 9.47 Å². The van der Waals surface area contributed by atoms with Gasteiger partial charge >= 0.3 is 12.1 Å². The van der Waals surface area contributed by atoms with E-state index in [1.165, 1.54) is 23.6 Å². The van der Waals surface area contributed by atoms with Gasteiger partial charge in [-0.25, -0.2) is 9.59 Å². The maximum Gasteiger partial charge on any atom is 0.412 e. The fraction of sp³-hybridized carbons (Fsp3) is 0.364. The number of hydrogen-bond donors (Lipinski definition) is 1. The van der Waals surface area contributed by atoms with Crippen molar-refractivity contribution in [3.63, 3.8) is 0 Å². The number of esters is 1. The Bertz CT molecular complexity index is 940. The monoisotopic (exact) mass is 367 g/mol. The fourth-order valence-corrected chi connectivity index (χ4v) is 3.51. The van der Waals surface area contributed by atoms with E-state index in [1.54, 1.807) is 20.8 Å². The van der Waals surface area contributed by atoms with Crippen LogP contribution in [0.25, 0.3) is 16.3 Å². The topological polar surface area (TPSA) is 64.6 Å². The van der Waals surface area contributed by atoms with Gasteiger partial charge in [0.1, 0.15) is 11.3 Å². The normalized spacial score (nSPS) is 14.0. The summed E-state index contributed by atoms with van der Waals surface area (Å²) >= 11 is 0. The summed E-state index contributed by atoms with van der Waals surface area (Å²) in [4.78, 5) is 24.6. The van der Waals surface area contributed by atoms with Gasteiger partial charge in [-0.05, 0) is 73.6 Å². The predicted molar refractivity (Wildman–Crippen MR) is 105 cm³/mol. The zero-order chi connectivity index (χ0) is 19.8. The number of aryl methyl sites for hydroxylation is 2. The molecule has 0 aromatic heterocycles. The Balaban J connectivity index is 2.09. The second-order valence-electron chi connectivity index (χ2n) is 7.73. The lowest BCUT2D eigenvalue weighted by molar-refractivity contribution is -0.136. The molecule has 0 unspecified atom stereocenters. The number of rotatable bonds is 3. The minimum absolute atomic E-state index is 0.0884. The highest BCUT2D eigenvalue weighted by Crippen LogP contribution is 2.35. The molecule has 0 saturated carbocycles. The summed E-state index contributed by atoms with van der Waals surface area (Å²) in [5.74, 6) is -0.610. The summed E-state index contributed by atoms with van der Waals surface area (Å²) in [7, 11) is 1.29. The summed E-state index contributed by atoms with van der Waals surface area (Å²) < 4.78 is 10.2. The SMILES string of the molecule is COC(=O)/C(NC(=O)OC(C)(C)C)=C(\C)c1ccc2c3c(cccc13)CC2.